The summed E-state index contributed by atoms with van der Waals surface area (Å²) in [6.45, 7) is 4.17. The first kappa shape index (κ1) is 13.1. The minimum atomic E-state index is -0.137. The maximum atomic E-state index is 5.87. The zero-order valence-electron chi connectivity index (χ0n) is 12.0. The fourth-order valence-corrected chi connectivity index (χ4v) is 2.35. The molecule has 1 aromatic carbocycles. The molecule has 0 amide bonds. The Kier molecular flexibility index (Phi) is 3.44. The third-order valence-electron chi connectivity index (χ3n) is 3.99. The summed E-state index contributed by atoms with van der Waals surface area (Å²) in [7, 11) is 1.93. The largest absolute Gasteiger partial charge is 0.482 e. The number of aromatic nitrogens is 2. The van der Waals surface area contributed by atoms with Crippen LogP contribution in [0.3, 0.4) is 0 Å². The molecule has 0 fully saturated rings. The lowest BCUT2D eigenvalue weighted by atomic mass is 10.0. The van der Waals surface area contributed by atoms with Crippen LogP contribution in [-0.4, -0.2) is 23.2 Å². The third kappa shape index (κ3) is 2.29. The van der Waals surface area contributed by atoms with Crippen LogP contribution in [0.2, 0.25) is 0 Å². The van der Waals surface area contributed by atoms with E-state index >= 15 is 0 Å². The van der Waals surface area contributed by atoms with Gasteiger partial charge in [-0.15, -0.1) is 0 Å². The van der Waals surface area contributed by atoms with Gasteiger partial charge in [-0.1, -0.05) is 30.3 Å². The molecule has 0 radical (unpaired) electrons. The van der Waals surface area contributed by atoms with Gasteiger partial charge in [0.1, 0.15) is 5.75 Å². The predicted molar refractivity (Wildman–Crippen MR) is 74.7 cm³/mol. The van der Waals surface area contributed by atoms with Gasteiger partial charge in [0.25, 0.3) is 0 Å². The number of para-hydroxylation sites is 1. The van der Waals surface area contributed by atoms with Crippen LogP contribution in [0.1, 0.15) is 43.1 Å². The van der Waals surface area contributed by atoms with E-state index in [9.17, 15) is 0 Å². The Hall–Kier alpha value is -1.88. The summed E-state index contributed by atoms with van der Waals surface area (Å²) >= 11 is 0. The van der Waals surface area contributed by atoms with Gasteiger partial charge >= 0.3 is 0 Å². The second kappa shape index (κ2) is 5.25. The van der Waals surface area contributed by atoms with Gasteiger partial charge in [-0.2, -0.15) is 4.98 Å². The van der Waals surface area contributed by atoms with Crippen molar-refractivity contribution in [3.8, 4) is 5.75 Å². The Morgan fingerprint density at radius 2 is 2.10 bits per heavy atom. The molecule has 3 rings (SSSR count). The molecule has 2 heterocycles. The standard InChI is InChI=1S/C15H19N3O2/c1-9(10(2)16-3)15-17-14(18-20-15)13-8-11-6-4-5-7-12(11)19-13/h4-7,9-10,13,16H,8H2,1-3H3. The highest BCUT2D eigenvalue weighted by molar-refractivity contribution is 5.37. The maximum absolute atomic E-state index is 5.87. The van der Waals surface area contributed by atoms with Crippen molar-refractivity contribution in [2.24, 2.45) is 0 Å². The van der Waals surface area contributed by atoms with Crippen molar-refractivity contribution in [3.05, 3.63) is 41.5 Å². The number of ether oxygens (including phenoxy) is 1. The Bertz CT molecular complexity index is 571. The first-order valence-electron chi connectivity index (χ1n) is 6.94. The van der Waals surface area contributed by atoms with Gasteiger partial charge in [-0.25, -0.2) is 0 Å². The van der Waals surface area contributed by atoms with Gasteiger partial charge in [0.15, 0.2) is 6.10 Å². The minimum absolute atomic E-state index is 0.137. The summed E-state index contributed by atoms with van der Waals surface area (Å²) in [5.41, 5.74) is 1.19. The molecule has 0 saturated heterocycles. The lowest BCUT2D eigenvalue weighted by Gasteiger charge is -2.14. The van der Waals surface area contributed by atoms with Crippen molar-refractivity contribution in [1.82, 2.24) is 15.5 Å². The van der Waals surface area contributed by atoms with Crippen LogP contribution in [0.15, 0.2) is 28.8 Å². The molecule has 1 N–H and O–H groups in total. The number of rotatable bonds is 4. The molecule has 20 heavy (non-hydrogen) atoms. The number of nitrogens with zero attached hydrogens (tertiary/aromatic N) is 2. The van der Waals surface area contributed by atoms with Crippen LogP contribution in [0.5, 0.6) is 5.75 Å². The topological polar surface area (TPSA) is 60.2 Å². The van der Waals surface area contributed by atoms with E-state index in [1.165, 1.54) is 5.56 Å². The summed E-state index contributed by atoms with van der Waals surface area (Å²) in [5, 5.41) is 7.28. The molecule has 2 aromatic rings. The van der Waals surface area contributed by atoms with Gasteiger partial charge < -0.3 is 14.6 Å². The third-order valence-corrected chi connectivity index (χ3v) is 3.99. The van der Waals surface area contributed by atoms with Crippen LogP contribution in [0, 0.1) is 0 Å². The quantitative estimate of drug-likeness (QED) is 0.927. The zero-order chi connectivity index (χ0) is 14.1. The fraction of sp³-hybridized carbons (Fsp3) is 0.467. The van der Waals surface area contributed by atoms with Crippen molar-refractivity contribution < 1.29 is 9.26 Å². The smallest absolute Gasteiger partial charge is 0.231 e. The zero-order valence-corrected chi connectivity index (χ0v) is 12.0. The van der Waals surface area contributed by atoms with E-state index in [2.05, 4.69) is 35.4 Å². The van der Waals surface area contributed by atoms with Gasteiger partial charge in [0, 0.05) is 12.5 Å². The summed E-state index contributed by atoms with van der Waals surface area (Å²) in [6, 6.07) is 8.32. The molecule has 0 saturated carbocycles. The average Bonchev–Trinajstić information content (AvgIpc) is 3.11. The van der Waals surface area contributed by atoms with Crippen molar-refractivity contribution in [1.29, 1.82) is 0 Å². The highest BCUT2D eigenvalue weighted by Gasteiger charge is 2.29. The highest BCUT2D eigenvalue weighted by atomic mass is 16.5. The lowest BCUT2D eigenvalue weighted by Crippen LogP contribution is -2.27. The lowest BCUT2D eigenvalue weighted by molar-refractivity contribution is 0.220. The number of benzene rings is 1. The molecular weight excluding hydrogens is 254 g/mol. The predicted octanol–water partition coefficient (Wildman–Crippen LogP) is 2.46. The van der Waals surface area contributed by atoms with Crippen molar-refractivity contribution in [2.45, 2.75) is 38.3 Å². The average molecular weight is 273 g/mol. The number of hydrogen-bond acceptors (Lipinski definition) is 5. The van der Waals surface area contributed by atoms with Gasteiger partial charge in [0.2, 0.25) is 11.7 Å². The number of nitrogens with one attached hydrogen (secondary N) is 1. The molecule has 3 unspecified atom stereocenters. The maximum Gasteiger partial charge on any atom is 0.231 e. The van der Waals surface area contributed by atoms with Crippen molar-refractivity contribution in [3.63, 3.8) is 0 Å². The highest BCUT2D eigenvalue weighted by Crippen LogP contribution is 2.35. The molecule has 0 bridgehead atoms. The molecular formula is C15H19N3O2. The molecule has 1 aliphatic rings. The molecule has 3 atom stereocenters. The molecule has 106 valence electrons. The van der Waals surface area contributed by atoms with Crippen LogP contribution in [0.25, 0.3) is 0 Å². The van der Waals surface area contributed by atoms with E-state index < -0.39 is 0 Å². The molecule has 1 aromatic heterocycles. The Balaban J connectivity index is 1.76. The SMILES string of the molecule is CNC(C)C(C)c1nc(C2Cc3ccccc3O2)no1. The second-order valence-corrected chi connectivity index (χ2v) is 5.28. The normalized spacial score (nSPS) is 20.2. The van der Waals surface area contributed by atoms with E-state index in [-0.39, 0.29) is 18.1 Å². The van der Waals surface area contributed by atoms with Crippen LogP contribution in [-0.2, 0) is 6.42 Å². The second-order valence-electron chi connectivity index (χ2n) is 5.28. The monoisotopic (exact) mass is 273 g/mol. The Labute approximate surface area is 118 Å². The molecule has 1 aliphatic heterocycles. The molecule has 0 spiro atoms. The Morgan fingerprint density at radius 3 is 2.85 bits per heavy atom. The summed E-state index contributed by atoms with van der Waals surface area (Å²) < 4.78 is 11.3. The van der Waals surface area contributed by atoms with E-state index in [1.54, 1.807) is 0 Å². The van der Waals surface area contributed by atoms with Crippen molar-refractivity contribution >= 4 is 0 Å². The molecule has 5 nitrogen and oxygen atoms in total. The van der Waals surface area contributed by atoms with E-state index in [0.29, 0.717) is 11.7 Å². The summed E-state index contributed by atoms with van der Waals surface area (Å²) in [4.78, 5) is 4.50. The first-order valence-corrected chi connectivity index (χ1v) is 6.94. The molecule has 0 aliphatic carbocycles. The van der Waals surface area contributed by atoms with E-state index in [0.717, 1.165) is 12.2 Å². The summed E-state index contributed by atoms with van der Waals surface area (Å²) in [5.74, 6) is 2.37. The van der Waals surface area contributed by atoms with E-state index in [4.69, 9.17) is 9.26 Å². The molecule has 5 heteroatoms. The van der Waals surface area contributed by atoms with Crippen LogP contribution in [0.4, 0.5) is 0 Å². The van der Waals surface area contributed by atoms with Gasteiger partial charge in [-0.3, -0.25) is 0 Å². The van der Waals surface area contributed by atoms with Crippen molar-refractivity contribution in [2.75, 3.05) is 7.05 Å². The summed E-state index contributed by atoms with van der Waals surface area (Å²) in [6.07, 6.45) is 0.660. The number of likely N-dealkylation sites (N-methyl/N-ethyl adjacent to an activating group) is 1. The van der Waals surface area contributed by atoms with E-state index in [1.807, 2.05) is 25.2 Å². The van der Waals surface area contributed by atoms with Gasteiger partial charge in [-0.05, 0) is 25.6 Å². The first-order chi connectivity index (χ1) is 9.69. The van der Waals surface area contributed by atoms with Gasteiger partial charge in [0.05, 0.1) is 5.92 Å². The van der Waals surface area contributed by atoms with Crippen LogP contribution >= 0.6 is 0 Å². The number of fused-ring (bicyclic) bond motifs is 1. The fourth-order valence-electron chi connectivity index (χ4n) is 2.35. The minimum Gasteiger partial charge on any atom is -0.482 e. The number of hydrogen-bond donors (Lipinski definition) is 1. The Morgan fingerprint density at radius 1 is 1.30 bits per heavy atom. The van der Waals surface area contributed by atoms with Crippen LogP contribution < -0.4 is 10.1 Å².